The minimum atomic E-state index is -0.515. The maximum absolute atomic E-state index is 13.7. The standard InChI is InChI=1S/C26H21Cl3FN3O2.C6H13N3/c1-26(2,17-5-11-21(27)23(29)13-17)24-15-31-25(32(24)19-9-6-18(30)7-10-19)12-4-16-3-8-20(33(34)35)14-22(16)28;1-6(7)8-9-4-2-3-5-9/h3,5-11,13-15H,4,12H2,1-2H3;8H,1-5,7H2. The number of aryl methyl sites for hydroxylation is 2. The van der Waals surface area contributed by atoms with E-state index >= 15 is 0 Å². The first kappa shape index (κ1) is 33.3. The number of halogens is 4. The number of hydrazine groups is 1. The second-order valence-corrected chi connectivity index (χ2v) is 12.2. The Morgan fingerprint density at radius 1 is 1.02 bits per heavy atom. The highest BCUT2D eigenvalue weighted by molar-refractivity contribution is 6.42. The van der Waals surface area contributed by atoms with E-state index in [0.29, 0.717) is 33.7 Å². The Kier molecular flexibility index (Phi) is 10.9. The minimum absolute atomic E-state index is 0.0581. The number of hydrogen-bond donors (Lipinski definition) is 2. The summed E-state index contributed by atoms with van der Waals surface area (Å²) in [7, 11) is 0. The van der Waals surface area contributed by atoms with Gasteiger partial charge in [0.2, 0.25) is 0 Å². The summed E-state index contributed by atoms with van der Waals surface area (Å²) >= 11 is 18.7. The van der Waals surface area contributed by atoms with E-state index in [9.17, 15) is 14.5 Å². The Morgan fingerprint density at radius 2 is 1.70 bits per heavy atom. The van der Waals surface area contributed by atoms with Crippen LogP contribution in [-0.2, 0) is 18.3 Å². The molecule has 3 N–H and O–H groups in total. The van der Waals surface area contributed by atoms with Gasteiger partial charge in [0.05, 0.1) is 25.7 Å². The van der Waals surface area contributed by atoms with Crippen LogP contribution < -0.4 is 11.2 Å². The van der Waals surface area contributed by atoms with Crippen molar-refractivity contribution >= 4 is 40.5 Å². The molecule has 0 aliphatic carbocycles. The van der Waals surface area contributed by atoms with Crippen LogP contribution in [0.2, 0.25) is 15.1 Å². The Balaban J connectivity index is 0.000000421. The minimum Gasteiger partial charge on any atom is -0.385 e. The molecule has 5 rings (SSSR count). The van der Waals surface area contributed by atoms with Crippen LogP contribution >= 0.6 is 34.8 Å². The summed E-state index contributed by atoms with van der Waals surface area (Å²) < 4.78 is 15.7. The first-order chi connectivity index (χ1) is 20.9. The number of nitro groups is 1. The number of aromatic nitrogens is 2. The van der Waals surface area contributed by atoms with E-state index in [4.69, 9.17) is 45.5 Å². The van der Waals surface area contributed by atoms with Gasteiger partial charge in [-0.3, -0.25) is 14.7 Å². The first-order valence-corrected chi connectivity index (χ1v) is 15.2. The fourth-order valence-electron chi connectivity index (χ4n) is 5.05. The van der Waals surface area contributed by atoms with E-state index in [1.807, 2.05) is 16.7 Å². The van der Waals surface area contributed by atoms with Gasteiger partial charge >= 0.3 is 0 Å². The molecular weight excluding hydrogens is 626 g/mol. The molecule has 0 saturated carbocycles. The van der Waals surface area contributed by atoms with E-state index in [1.165, 1.54) is 37.1 Å². The lowest BCUT2D eigenvalue weighted by Crippen LogP contribution is -2.36. The number of non-ortho nitro benzene ring substituents is 1. The lowest BCUT2D eigenvalue weighted by atomic mass is 9.81. The quantitative estimate of drug-likeness (QED) is 0.139. The van der Waals surface area contributed by atoms with Gasteiger partial charge in [-0.15, -0.1) is 0 Å². The third-order valence-corrected chi connectivity index (χ3v) is 8.57. The van der Waals surface area contributed by atoms with Gasteiger partial charge in [-0.05, 0) is 66.8 Å². The van der Waals surface area contributed by atoms with Gasteiger partial charge in [-0.2, -0.15) is 0 Å². The summed E-state index contributed by atoms with van der Waals surface area (Å²) in [5, 5.41) is 14.4. The predicted octanol–water partition coefficient (Wildman–Crippen LogP) is 8.01. The van der Waals surface area contributed by atoms with Crippen LogP contribution in [0.5, 0.6) is 0 Å². The molecule has 0 radical (unpaired) electrons. The van der Waals surface area contributed by atoms with Crippen LogP contribution in [0.1, 0.15) is 49.3 Å². The van der Waals surface area contributed by atoms with E-state index < -0.39 is 10.3 Å². The van der Waals surface area contributed by atoms with Crippen LogP contribution in [0.4, 0.5) is 10.1 Å². The molecule has 8 nitrogen and oxygen atoms in total. The van der Waals surface area contributed by atoms with Gasteiger partial charge in [0.1, 0.15) is 17.5 Å². The van der Waals surface area contributed by atoms with Crippen molar-refractivity contribution in [3.05, 3.63) is 133 Å². The Labute approximate surface area is 271 Å². The number of benzene rings is 3. The number of nitrogens with one attached hydrogen (secondary N) is 1. The van der Waals surface area contributed by atoms with Gasteiger partial charge in [-0.25, -0.2) is 14.4 Å². The molecule has 1 fully saturated rings. The van der Waals surface area contributed by atoms with Crippen LogP contribution in [-0.4, -0.2) is 32.6 Å². The molecule has 232 valence electrons. The maximum Gasteiger partial charge on any atom is 0.270 e. The molecule has 0 spiro atoms. The molecule has 0 atom stereocenters. The number of nitrogens with zero attached hydrogens (tertiary/aromatic N) is 4. The zero-order chi connectivity index (χ0) is 32.0. The molecule has 2 heterocycles. The summed E-state index contributed by atoms with van der Waals surface area (Å²) in [6.07, 6.45) is 5.35. The highest BCUT2D eigenvalue weighted by atomic mass is 35.5. The van der Waals surface area contributed by atoms with Crippen LogP contribution in [0, 0.1) is 15.9 Å². The number of nitrogens with two attached hydrogens (primary N) is 1. The molecule has 0 amide bonds. The molecule has 3 aromatic carbocycles. The van der Waals surface area contributed by atoms with E-state index in [-0.39, 0.29) is 11.5 Å². The molecular formula is C32H34Cl3FN6O2. The average molecular weight is 660 g/mol. The van der Waals surface area contributed by atoms with Gasteiger partial charge in [0, 0.05) is 48.9 Å². The highest BCUT2D eigenvalue weighted by Crippen LogP contribution is 2.37. The van der Waals surface area contributed by atoms with Gasteiger partial charge < -0.3 is 11.2 Å². The van der Waals surface area contributed by atoms with E-state index in [2.05, 4.69) is 30.9 Å². The maximum atomic E-state index is 13.7. The zero-order valence-corrected chi connectivity index (χ0v) is 26.8. The molecule has 1 aliphatic heterocycles. The third-order valence-electron chi connectivity index (χ3n) is 7.47. The molecule has 44 heavy (non-hydrogen) atoms. The summed E-state index contributed by atoms with van der Waals surface area (Å²) in [4.78, 5) is 15.2. The average Bonchev–Trinajstić information content (AvgIpc) is 3.64. The van der Waals surface area contributed by atoms with Gasteiger partial charge in [-0.1, -0.05) is 67.4 Å². The van der Waals surface area contributed by atoms with Crippen molar-refractivity contribution in [3.8, 4) is 5.69 Å². The summed E-state index contributed by atoms with van der Waals surface area (Å²) in [5.41, 5.74) is 11.1. The Morgan fingerprint density at radius 3 is 2.30 bits per heavy atom. The fourth-order valence-corrected chi connectivity index (χ4v) is 5.62. The lowest BCUT2D eigenvalue weighted by Gasteiger charge is -2.28. The van der Waals surface area contributed by atoms with Gasteiger partial charge in [0.15, 0.2) is 0 Å². The summed E-state index contributed by atoms with van der Waals surface area (Å²) in [6, 6.07) is 16.2. The molecule has 1 aromatic heterocycles. The molecule has 1 saturated heterocycles. The molecule has 0 unspecified atom stereocenters. The van der Waals surface area contributed by atoms with Crippen molar-refractivity contribution in [2.75, 3.05) is 13.1 Å². The van der Waals surface area contributed by atoms with E-state index in [0.717, 1.165) is 41.4 Å². The number of nitro benzene ring substituents is 1. The predicted molar refractivity (Wildman–Crippen MR) is 175 cm³/mol. The molecule has 0 bridgehead atoms. The highest BCUT2D eigenvalue weighted by Gasteiger charge is 2.30. The molecule has 12 heteroatoms. The summed E-state index contributed by atoms with van der Waals surface area (Å²) in [6.45, 7) is 9.84. The Hall–Kier alpha value is -3.63. The van der Waals surface area contributed by atoms with Crippen molar-refractivity contribution in [2.24, 2.45) is 5.73 Å². The van der Waals surface area contributed by atoms with Crippen molar-refractivity contribution < 1.29 is 9.31 Å². The number of hydrogen-bond acceptors (Lipinski definition) is 6. The topological polar surface area (TPSA) is 102 Å². The third kappa shape index (κ3) is 8.09. The molecule has 1 aliphatic rings. The van der Waals surface area contributed by atoms with Crippen molar-refractivity contribution in [1.29, 1.82) is 0 Å². The van der Waals surface area contributed by atoms with Gasteiger partial charge in [0.25, 0.3) is 5.69 Å². The van der Waals surface area contributed by atoms with Crippen LogP contribution in [0.25, 0.3) is 5.69 Å². The van der Waals surface area contributed by atoms with Crippen molar-refractivity contribution in [2.45, 2.75) is 44.9 Å². The smallest absolute Gasteiger partial charge is 0.270 e. The number of rotatable bonds is 9. The summed E-state index contributed by atoms with van der Waals surface area (Å²) in [5.74, 6) is 0.949. The monoisotopic (exact) mass is 658 g/mol. The lowest BCUT2D eigenvalue weighted by molar-refractivity contribution is -0.384. The second-order valence-electron chi connectivity index (χ2n) is 11.0. The fraction of sp³-hybridized carbons (Fsp3) is 0.281. The first-order valence-electron chi connectivity index (χ1n) is 14.0. The van der Waals surface area contributed by atoms with Crippen molar-refractivity contribution in [3.63, 3.8) is 0 Å². The number of imidazole rings is 1. The van der Waals surface area contributed by atoms with Crippen molar-refractivity contribution in [1.82, 2.24) is 20.0 Å². The molecule has 4 aromatic rings. The van der Waals surface area contributed by atoms with E-state index in [1.54, 1.807) is 30.5 Å². The SMILES string of the molecule is C=C(N)NN1CCCC1.CC(C)(c1ccc(Cl)c(Cl)c1)c1cnc(CCc2ccc([N+](=O)[O-])cc2Cl)n1-c1ccc(F)cc1. The largest absolute Gasteiger partial charge is 0.385 e. The second kappa shape index (κ2) is 14.4. The Bertz CT molecular complexity index is 1640. The van der Waals surface area contributed by atoms with Crippen LogP contribution in [0.15, 0.2) is 79.3 Å². The normalized spacial score (nSPS) is 13.3. The van der Waals surface area contributed by atoms with Crippen LogP contribution in [0.3, 0.4) is 0 Å². The zero-order valence-electron chi connectivity index (χ0n) is 24.5.